The summed E-state index contributed by atoms with van der Waals surface area (Å²) in [5.41, 5.74) is 1.34. The average molecular weight is 205 g/mol. The fourth-order valence-electron chi connectivity index (χ4n) is 2.05. The molecule has 82 valence electrons. The van der Waals surface area contributed by atoms with Crippen LogP contribution in [-0.4, -0.2) is 42.6 Å². The second-order valence-electron chi connectivity index (χ2n) is 4.24. The third kappa shape index (κ3) is 3.01. The Balaban J connectivity index is 1.88. The van der Waals surface area contributed by atoms with Gasteiger partial charge in [0.2, 0.25) is 0 Å². The summed E-state index contributed by atoms with van der Waals surface area (Å²) in [7, 11) is 0. The lowest BCUT2D eigenvalue weighted by Gasteiger charge is -2.29. The lowest BCUT2D eigenvalue weighted by atomic mass is 10.0. The molecule has 0 amide bonds. The van der Waals surface area contributed by atoms with E-state index in [4.69, 9.17) is 0 Å². The van der Waals surface area contributed by atoms with Crippen LogP contribution in [0.5, 0.6) is 0 Å². The molecule has 1 aliphatic heterocycles. The summed E-state index contributed by atoms with van der Waals surface area (Å²) in [6, 6.07) is 4.18. The number of rotatable bonds is 3. The fraction of sp³-hybridized carbons (Fsp3) is 0.583. The Kier molecular flexibility index (Phi) is 3.69. The number of piperazine rings is 1. The lowest BCUT2D eigenvalue weighted by Crippen LogP contribution is -2.44. The van der Waals surface area contributed by atoms with Gasteiger partial charge in [-0.25, -0.2) is 0 Å². The van der Waals surface area contributed by atoms with Gasteiger partial charge in [0.1, 0.15) is 0 Å². The standard InChI is InChI=1S/C12H19N3/c1-11(12-3-2-4-14-9-12)10-15-7-5-13-6-8-15/h2-4,9,11,13H,5-8,10H2,1H3. The van der Waals surface area contributed by atoms with Crippen molar-refractivity contribution >= 4 is 0 Å². The lowest BCUT2D eigenvalue weighted by molar-refractivity contribution is 0.230. The molecule has 0 spiro atoms. The average Bonchev–Trinajstić information content (AvgIpc) is 2.31. The number of hydrogen-bond acceptors (Lipinski definition) is 3. The van der Waals surface area contributed by atoms with Crippen LogP contribution in [0, 0.1) is 0 Å². The fourth-order valence-corrected chi connectivity index (χ4v) is 2.05. The highest BCUT2D eigenvalue weighted by Crippen LogP contribution is 2.15. The molecule has 0 aliphatic carbocycles. The molecule has 0 radical (unpaired) electrons. The number of pyridine rings is 1. The molecule has 0 bridgehead atoms. The molecule has 0 aromatic carbocycles. The molecule has 2 rings (SSSR count). The first-order chi connectivity index (χ1) is 7.36. The van der Waals surface area contributed by atoms with Gasteiger partial charge in [0, 0.05) is 45.1 Å². The van der Waals surface area contributed by atoms with Crippen molar-refractivity contribution in [1.82, 2.24) is 15.2 Å². The highest BCUT2D eigenvalue weighted by molar-refractivity contribution is 5.14. The summed E-state index contributed by atoms with van der Waals surface area (Å²) in [4.78, 5) is 6.69. The topological polar surface area (TPSA) is 28.2 Å². The zero-order chi connectivity index (χ0) is 10.5. The van der Waals surface area contributed by atoms with E-state index in [1.54, 1.807) is 0 Å². The van der Waals surface area contributed by atoms with Crippen LogP contribution in [0.15, 0.2) is 24.5 Å². The predicted molar refractivity (Wildman–Crippen MR) is 62.0 cm³/mol. The maximum absolute atomic E-state index is 4.17. The number of aromatic nitrogens is 1. The minimum Gasteiger partial charge on any atom is -0.314 e. The van der Waals surface area contributed by atoms with Crippen LogP contribution < -0.4 is 5.32 Å². The van der Waals surface area contributed by atoms with Crippen LogP contribution in [0.3, 0.4) is 0 Å². The third-order valence-corrected chi connectivity index (χ3v) is 3.00. The van der Waals surface area contributed by atoms with Gasteiger partial charge in [-0.3, -0.25) is 4.98 Å². The quantitative estimate of drug-likeness (QED) is 0.800. The number of hydrogen-bond donors (Lipinski definition) is 1. The van der Waals surface area contributed by atoms with Gasteiger partial charge in [0.05, 0.1) is 0 Å². The Bertz CT molecular complexity index is 280. The van der Waals surface area contributed by atoms with Crippen LogP contribution in [0.25, 0.3) is 0 Å². The molecule has 1 aromatic rings. The van der Waals surface area contributed by atoms with Crippen molar-refractivity contribution in [1.29, 1.82) is 0 Å². The summed E-state index contributed by atoms with van der Waals surface area (Å²) in [6.45, 7) is 8.02. The molecule has 1 saturated heterocycles. The van der Waals surface area contributed by atoms with E-state index in [1.165, 1.54) is 18.7 Å². The maximum Gasteiger partial charge on any atom is 0.0303 e. The van der Waals surface area contributed by atoms with Crippen LogP contribution in [0.1, 0.15) is 18.4 Å². The van der Waals surface area contributed by atoms with Gasteiger partial charge in [-0.05, 0) is 17.5 Å². The van der Waals surface area contributed by atoms with E-state index in [-0.39, 0.29) is 0 Å². The van der Waals surface area contributed by atoms with Gasteiger partial charge >= 0.3 is 0 Å². The van der Waals surface area contributed by atoms with Gasteiger partial charge in [0.25, 0.3) is 0 Å². The van der Waals surface area contributed by atoms with Crippen molar-refractivity contribution in [3.8, 4) is 0 Å². The molecule has 1 aliphatic rings. The second-order valence-corrected chi connectivity index (χ2v) is 4.24. The van der Waals surface area contributed by atoms with Crippen molar-refractivity contribution < 1.29 is 0 Å². The number of nitrogens with one attached hydrogen (secondary N) is 1. The van der Waals surface area contributed by atoms with Crippen LogP contribution in [0.2, 0.25) is 0 Å². The zero-order valence-corrected chi connectivity index (χ0v) is 9.32. The molecule has 1 fully saturated rings. The van der Waals surface area contributed by atoms with Gasteiger partial charge in [-0.15, -0.1) is 0 Å². The molecule has 15 heavy (non-hydrogen) atoms. The Hall–Kier alpha value is -0.930. The monoisotopic (exact) mass is 205 g/mol. The van der Waals surface area contributed by atoms with Gasteiger partial charge in [-0.2, -0.15) is 0 Å². The van der Waals surface area contributed by atoms with Gasteiger partial charge in [-0.1, -0.05) is 13.0 Å². The molecule has 1 aromatic heterocycles. The highest BCUT2D eigenvalue weighted by Gasteiger charge is 2.13. The predicted octanol–water partition coefficient (Wildman–Crippen LogP) is 1.09. The van der Waals surface area contributed by atoms with Crippen molar-refractivity contribution in [2.45, 2.75) is 12.8 Å². The SMILES string of the molecule is CC(CN1CCNCC1)c1cccnc1. The Morgan fingerprint density at radius 2 is 2.27 bits per heavy atom. The van der Waals surface area contributed by atoms with Crippen molar-refractivity contribution in [2.24, 2.45) is 0 Å². The van der Waals surface area contributed by atoms with E-state index in [2.05, 4.69) is 28.2 Å². The maximum atomic E-state index is 4.17. The van der Waals surface area contributed by atoms with Crippen LogP contribution in [0.4, 0.5) is 0 Å². The molecule has 1 N–H and O–H groups in total. The van der Waals surface area contributed by atoms with E-state index in [0.29, 0.717) is 5.92 Å². The van der Waals surface area contributed by atoms with E-state index >= 15 is 0 Å². The minimum absolute atomic E-state index is 0.580. The summed E-state index contributed by atoms with van der Waals surface area (Å²) in [5, 5.41) is 3.37. The molecular formula is C12H19N3. The first kappa shape index (κ1) is 10.6. The van der Waals surface area contributed by atoms with Gasteiger partial charge in [0.15, 0.2) is 0 Å². The third-order valence-electron chi connectivity index (χ3n) is 3.00. The zero-order valence-electron chi connectivity index (χ0n) is 9.32. The first-order valence-electron chi connectivity index (χ1n) is 5.69. The van der Waals surface area contributed by atoms with Crippen molar-refractivity contribution in [2.75, 3.05) is 32.7 Å². The van der Waals surface area contributed by atoms with E-state index in [1.807, 2.05) is 18.5 Å². The summed E-state index contributed by atoms with van der Waals surface area (Å²) >= 11 is 0. The molecule has 3 nitrogen and oxygen atoms in total. The van der Waals surface area contributed by atoms with Crippen molar-refractivity contribution in [3.63, 3.8) is 0 Å². The summed E-state index contributed by atoms with van der Waals surface area (Å²) < 4.78 is 0. The smallest absolute Gasteiger partial charge is 0.0303 e. The summed E-state index contributed by atoms with van der Waals surface area (Å²) in [5.74, 6) is 0.580. The molecule has 3 heteroatoms. The first-order valence-corrected chi connectivity index (χ1v) is 5.69. The van der Waals surface area contributed by atoms with E-state index < -0.39 is 0 Å². The van der Waals surface area contributed by atoms with Crippen LogP contribution >= 0.6 is 0 Å². The molecule has 1 atom stereocenters. The Morgan fingerprint density at radius 1 is 1.47 bits per heavy atom. The molecule has 0 saturated carbocycles. The minimum atomic E-state index is 0.580. The van der Waals surface area contributed by atoms with Crippen LogP contribution in [-0.2, 0) is 0 Å². The normalized spacial score (nSPS) is 20.1. The van der Waals surface area contributed by atoms with E-state index in [0.717, 1.165) is 19.6 Å². The molecular weight excluding hydrogens is 186 g/mol. The molecule has 2 heterocycles. The Morgan fingerprint density at radius 3 is 2.93 bits per heavy atom. The summed E-state index contributed by atoms with van der Waals surface area (Å²) in [6.07, 6.45) is 3.81. The van der Waals surface area contributed by atoms with Crippen molar-refractivity contribution in [3.05, 3.63) is 30.1 Å². The highest BCUT2D eigenvalue weighted by atomic mass is 15.2. The second kappa shape index (κ2) is 5.24. The van der Waals surface area contributed by atoms with Gasteiger partial charge < -0.3 is 10.2 Å². The number of nitrogens with zero attached hydrogens (tertiary/aromatic N) is 2. The van der Waals surface area contributed by atoms with E-state index in [9.17, 15) is 0 Å². The molecule has 1 unspecified atom stereocenters. The Labute approximate surface area is 91.5 Å². The largest absolute Gasteiger partial charge is 0.314 e.